The number of pyridine rings is 1. The third kappa shape index (κ3) is 13.1. The molecule has 0 unspecified atom stereocenters. The number of para-hydroxylation sites is 1. The van der Waals surface area contributed by atoms with E-state index in [-0.39, 0.29) is 36.6 Å². The molecule has 2 atom stereocenters. The van der Waals surface area contributed by atoms with Crippen LogP contribution in [0.5, 0.6) is 0 Å². The van der Waals surface area contributed by atoms with Crippen LogP contribution in [0.25, 0.3) is 0 Å². The van der Waals surface area contributed by atoms with E-state index in [1.165, 1.54) is 63.4 Å². The Kier molecular flexibility index (Phi) is 18.8. The van der Waals surface area contributed by atoms with E-state index in [1.54, 1.807) is 29.3 Å². The smallest absolute Gasteiger partial charge is 0.257 e. The largest absolute Gasteiger partial charge is 0.319 e. The number of carbonyl (C=O) groups is 2. The summed E-state index contributed by atoms with van der Waals surface area (Å²) < 4.78 is 0. The van der Waals surface area contributed by atoms with E-state index in [0.29, 0.717) is 35.7 Å². The van der Waals surface area contributed by atoms with Crippen molar-refractivity contribution in [3.63, 3.8) is 0 Å². The standard InChI is InChI=1S/C39H59N5O2.2ClH/c1-30(2)12-8-13-31(3)14-9-15-32(4)16-10-17-33(5)21-24-42-26-28-43(29-27-42)25-22-37(45)44-36-20-7-6-18-34(36)39(46)41-35-19-11-23-40-38(35)44;;/h6-7,11,18-21,23,30-32H,8-10,12-17,22,24-29H2,1-5H3,(H,41,46);2*1H/b33-21+;;/t31-,32-;;/m1../s1. The number of nitrogens with zero attached hydrogens (tertiary/aromatic N) is 4. The summed E-state index contributed by atoms with van der Waals surface area (Å²) in [6.45, 7) is 17.5. The first-order chi connectivity index (χ1) is 22.2. The molecule has 1 aromatic carbocycles. The maximum absolute atomic E-state index is 13.6. The first-order valence-electron chi connectivity index (χ1n) is 18.0. The Bertz CT molecular complexity index is 1290. The first-order valence-corrected chi connectivity index (χ1v) is 18.0. The zero-order valence-corrected chi connectivity index (χ0v) is 31.7. The molecular formula is C39H61Cl2N5O2. The number of halogens is 2. The monoisotopic (exact) mass is 701 g/mol. The molecule has 1 aromatic heterocycles. The molecule has 7 nitrogen and oxygen atoms in total. The fraction of sp³-hybridized carbons (Fsp3) is 0.615. The summed E-state index contributed by atoms with van der Waals surface area (Å²) in [6.07, 6.45) is 16.6. The molecule has 9 heteroatoms. The average Bonchev–Trinajstić information content (AvgIpc) is 3.16. The maximum Gasteiger partial charge on any atom is 0.257 e. The van der Waals surface area contributed by atoms with Crippen LogP contribution in [0.1, 0.15) is 109 Å². The van der Waals surface area contributed by atoms with Gasteiger partial charge >= 0.3 is 0 Å². The number of aromatic nitrogens is 1. The summed E-state index contributed by atoms with van der Waals surface area (Å²) in [4.78, 5) is 37.5. The molecular weight excluding hydrogens is 641 g/mol. The topological polar surface area (TPSA) is 68.8 Å². The van der Waals surface area contributed by atoms with Crippen LogP contribution in [0, 0.1) is 17.8 Å². The average molecular weight is 703 g/mol. The predicted molar refractivity (Wildman–Crippen MR) is 206 cm³/mol. The second-order valence-electron chi connectivity index (χ2n) is 14.4. The van der Waals surface area contributed by atoms with Crippen LogP contribution >= 0.6 is 24.8 Å². The lowest BCUT2D eigenvalue weighted by atomic mass is 9.91. The van der Waals surface area contributed by atoms with Crippen LogP contribution in [0.15, 0.2) is 54.2 Å². The molecule has 0 radical (unpaired) electrons. The van der Waals surface area contributed by atoms with E-state index in [2.05, 4.69) is 60.8 Å². The van der Waals surface area contributed by atoms with Crippen molar-refractivity contribution in [1.29, 1.82) is 0 Å². The predicted octanol–water partition coefficient (Wildman–Crippen LogP) is 9.55. The highest BCUT2D eigenvalue weighted by atomic mass is 35.5. The molecule has 0 spiro atoms. The zero-order chi connectivity index (χ0) is 32.9. The van der Waals surface area contributed by atoms with Crippen molar-refractivity contribution in [2.24, 2.45) is 17.8 Å². The van der Waals surface area contributed by atoms with Crippen LogP contribution in [0.2, 0.25) is 0 Å². The zero-order valence-electron chi connectivity index (χ0n) is 30.1. The van der Waals surface area contributed by atoms with Crippen LogP contribution in [-0.4, -0.2) is 65.9 Å². The van der Waals surface area contributed by atoms with Gasteiger partial charge in [0.2, 0.25) is 5.91 Å². The summed E-state index contributed by atoms with van der Waals surface area (Å²) in [5.41, 5.74) is 3.13. The van der Waals surface area contributed by atoms with Gasteiger partial charge in [0.15, 0.2) is 5.82 Å². The molecule has 2 aliphatic rings. The fourth-order valence-corrected chi connectivity index (χ4v) is 6.74. The number of hydrogen-bond acceptors (Lipinski definition) is 5. The van der Waals surface area contributed by atoms with Crippen LogP contribution in [0.3, 0.4) is 0 Å². The van der Waals surface area contributed by atoms with E-state index in [0.717, 1.165) is 50.5 Å². The Morgan fingerprint density at radius 3 is 2.15 bits per heavy atom. The lowest BCUT2D eigenvalue weighted by Crippen LogP contribution is -2.47. The van der Waals surface area contributed by atoms with Crippen LogP contribution in [0.4, 0.5) is 17.2 Å². The minimum absolute atomic E-state index is 0. The summed E-state index contributed by atoms with van der Waals surface area (Å²) >= 11 is 0. The summed E-state index contributed by atoms with van der Waals surface area (Å²) in [6, 6.07) is 10.8. The number of hydrogen-bond donors (Lipinski definition) is 1. The quantitative estimate of drug-likeness (QED) is 0.166. The van der Waals surface area contributed by atoms with Gasteiger partial charge < -0.3 is 10.2 Å². The fourth-order valence-electron chi connectivity index (χ4n) is 6.74. The Labute approximate surface area is 303 Å². The molecule has 1 fully saturated rings. The molecule has 268 valence electrons. The molecule has 0 bridgehead atoms. The number of fused-ring (bicyclic) bond motifs is 2. The molecule has 2 aliphatic heterocycles. The number of rotatable bonds is 17. The molecule has 2 amide bonds. The molecule has 4 rings (SSSR count). The highest BCUT2D eigenvalue weighted by Crippen LogP contribution is 2.36. The number of allylic oxidation sites excluding steroid dienone is 1. The Hall–Kier alpha value is -2.45. The maximum atomic E-state index is 13.6. The Morgan fingerprint density at radius 2 is 1.46 bits per heavy atom. The SMILES string of the molecule is C/C(=C\CN1CCN(CCC(=O)N2c3ccccc3C(=O)Nc3cccnc32)CC1)CCC[C@H](C)CCC[C@H](C)CCCC(C)C.Cl.Cl. The van der Waals surface area contributed by atoms with Crippen molar-refractivity contribution in [3.05, 3.63) is 59.8 Å². The number of nitrogens with one attached hydrogen (secondary N) is 1. The van der Waals surface area contributed by atoms with E-state index in [1.807, 2.05) is 18.2 Å². The van der Waals surface area contributed by atoms with E-state index < -0.39 is 0 Å². The minimum Gasteiger partial charge on any atom is -0.319 e. The number of anilines is 3. The molecule has 0 saturated carbocycles. The third-order valence-electron chi connectivity index (χ3n) is 9.83. The van der Waals surface area contributed by atoms with Gasteiger partial charge in [-0.05, 0) is 61.8 Å². The number of piperazine rings is 1. The van der Waals surface area contributed by atoms with E-state index in [4.69, 9.17) is 0 Å². The van der Waals surface area contributed by atoms with Gasteiger partial charge in [0, 0.05) is 51.9 Å². The van der Waals surface area contributed by atoms with Crippen molar-refractivity contribution in [2.45, 2.75) is 98.8 Å². The normalized spacial score (nSPS) is 16.6. The number of benzene rings is 1. The summed E-state index contributed by atoms with van der Waals surface area (Å²) in [5.74, 6) is 2.75. The number of amides is 2. The minimum atomic E-state index is -0.224. The highest BCUT2D eigenvalue weighted by molar-refractivity contribution is 6.17. The summed E-state index contributed by atoms with van der Waals surface area (Å²) in [7, 11) is 0. The van der Waals surface area contributed by atoms with Gasteiger partial charge in [-0.2, -0.15) is 0 Å². The van der Waals surface area contributed by atoms with Crippen molar-refractivity contribution < 1.29 is 9.59 Å². The van der Waals surface area contributed by atoms with Gasteiger partial charge in [-0.25, -0.2) is 4.98 Å². The van der Waals surface area contributed by atoms with Crippen molar-refractivity contribution in [3.8, 4) is 0 Å². The van der Waals surface area contributed by atoms with Gasteiger partial charge in [-0.15, -0.1) is 24.8 Å². The highest BCUT2D eigenvalue weighted by Gasteiger charge is 2.30. The Balaban J connectivity index is 0.00000400. The summed E-state index contributed by atoms with van der Waals surface area (Å²) in [5, 5.41) is 2.91. The lowest BCUT2D eigenvalue weighted by Gasteiger charge is -2.34. The van der Waals surface area contributed by atoms with Crippen LogP contribution < -0.4 is 10.2 Å². The second kappa shape index (κ2) is 21.6. The molecule has 48 heavy (non-hydrogen) atoms. The first kappa shape index (κ1) is 41.7. The van der Waals surface area contributed by atoms with Crippen LogP contribution in [-0.2, 0) is 4.79 Å². The van der Waals surface area contributed by atoms with E-state index >= 15 is 0 Å². The van der Waals surface area contributed by atoms with Crippen molar-refractivity contribution in [2.75, 3.05) is 49.5 Å². The third-order valence-corrected chi connectivity index (χ3v) is 9.83. The molecule has 1 N–H and O–H groups in total. The van der Waals surface area contributed by atoms with Gasteiger partial charge in [-0.1, -0.05) is 96.4 Å². The molecule has 1 saturated heterocycles. The van der Waals surface area contributed by atoms with Gasteiger partial charge in [0.1, 0.15) is 0 Å². The van der Waals surface area contributed by atoms with Gasteiger partial charge in [-0.3, -0.25) is 19.4 Å². The number of carbonyl (C=O) groups excluding carboxylic acids is 2. The van der Waals surface area contributed by atoms with Crippen molar-refractivity contribution >= 4 is 53.8 Å². The molecule has 0 aliphatic carbocycles. The Morgan fingerprint density at radius 1 is 0.833 bits per heavy atom. The lowest BCUT2D eigenvalue weighted by molar-refractivity contribution is -0.118. The molecule has 3 heterocycles. The van der Waals surface area contributed by atoms with E-state index in [9.17, 15) is 9.59 Å². The van der Waals surface area contributed by atoms with Gasteiger partial charge in [0.25, 0.3) is 5.91 Å². The van der Waals surface area contributed by atoms with Gasteiger partial charge in [0.05, 0.1) is 16.9 Å². The molecule has 2 aromatic rings. The second-order valence-corrected chi connectivity index (χ2v) is 14.4. The van der Waals surface area contributed by atoms with Crippen molar-refractivity contribution in [1.82, 2.24) is 14.8 Å².